The topological polar surface area (TPSA) is 47.6 Å². The number of hydrogen-bond acceptors (Lipinski definition) is 3. The van der Waals surface area contributed by atoms with Crippen LogP contribution in [0, 0.1) is 6.92 Å². The molecule has 1 amide bonds. The maximum absolute atomic E-state index is 11.9. The molecule has 0 aliphatic heterocycles. The Balaban J connectivity index is 2.25. The molecular weight excluding hydrogens is 254 g/mol. The first-order chi connectivity index (χ1) is 9.49. The Morgan fingerprint density at radius 1 is 1.30 bits per heavy atom. The zero-order valence-electron chi connectivity index (χ0n) is 12.8. The molecule has 1 N–H and O–H groups in total. The van der Waals surface area contributed by atoms with E-state index in [0.29, 0.717) is 13.2 Å². The van der Waals surface area contributed by atoms with Gasteiger partial charge in [0, 0.05) is 13.2 Å². The number of carbonyl (C=O) groups is 1. The van der Waals surface area contributed by atoms with Gasteiger partial charge in [0.1, 0.15) is 5.75 Å². The van der Waals surface area contributed by atoms with Gasteiger partial charge in [0.25, 0.3) is 5.91 Å². The predicted octanol–water partition coefficient (Wildman–Crippen LogP) is 2.69. The lowest BCUT2D eigenvalue weighted by atomic mass is 10.2. The summed E-state index contributed by atoms with van der Waals surface area (Å²) in [5.41, 5.74) is 1.11. The molecule has 0 bridgehead atoms. The molecule has 4 heteroatoms. The Morgan fingerprint density at radius 2 is 2.05 bits per heavy atom. The van der Waals surface area contributed by atoms with Gasteiger partial charge in [-0.25, -0.2) is 0 Å². The van der Waals surface area contributed by atoms with Crippen LogP contribution in [0.3, 0.4) is 0 Å². The van der Waals surface area contributed by atoms with E-state index in [2.05, 4.69) is 5.32 Å². The molecule has 0 heterocycles. The number of nitrogens with one attached hydrogen (secondary N) is 1. The fourth-order valence-corrected chi connectivity index (χ4v) is 1.69. The minimum Gasteiger partial charge on any atom is -0.481 e. The van der Waals surface area contributed by atoms with Crippen molar-refractivity contribution in [2.45, 2.75) is 46.3 Å². The number of amides is 1. The summed E-state index contributed by atoms with van der Waals surface area (Å²) >= 11 is 0. The fourth-order valence-electron chi connectivity index (χ4n) is 1.69. The molecule has 0 saturated carbocycles. The van der Waals surface area contributed by atoms with Gasteiger partial charge >= 0.3 is 0 Å². The summed E-state index contributed by atoms with van der Waals surface area (Å²) in [6.45, 7) is 9.00. The van der Waals surface area contributed by atoms with Gasteiger partial charge in [-0.3, -0.25) is 4.79 Å². The van der Waals surface area contributed by atoms with Crippen LogP contribution >= 0.6 is 0 Å². The van der Waals surface area contributed by atoms with Crippen molar-refractivity contribution in [3.05, 3.63) is 29.8 Å². The van der Waals surface area contributed by atoms with Gasteiger partial charge in [-0.05, 0) is 51.8 Å². The molecule has 0 spiro atoms. The molecule has 4 nitrogen and oxygen atoms in total. The third-order valence-electron chi connectivity index (χ3n) is 2.74. The van der Waals surface area contributed by atoms with E-state index in [0.717, 1.165) is 17.7 Å². The fraction of sp³-hybridized carbons (Fsp3) is 0.562. The number of rotatable bonds is 8. The number of benzene rings is 1. The standard InChI is InChI=1S/C16H25NO3/c1-12(2)19-10-6-9-17-16(18)14(4)20-15-8-5-7-13(3)11-15/h5,7-8,11-12,14H,6,9-10H2,1-4H3,(H,17,18). The lowest BCUT2D eigenvalue weighted by Crippen LogP contribution is -2.37. The van der Waals surface area contributed by atoms with Crippen molar-refractivity contribution >= 4 is 5.91 Å². The van der Waals surface area contributed by atoms with E-state index < -0.39 is 6.10 Å². The average Bonchev–Trinajstić information content (AvgIpc) is 2.37. The summed E-state index contributed by atoms with van der Waals surface area (Å²) in [6.07, 6.45) is 0.540. The molecule has 1 atom stereocenters. The highest BCUT2D eigenvalue weighted by Crippen LogP contribution is 2.14. The van der Waals surface area contributed by atoms with Crippen LogP contribution < -0.4 is 10.1 Å². The molecule has 20 heavy (non-hydrogen) atoms. The van der Waals surface area contributed by atoms with Crippen LogP contribution in [0.4, 0.5) is 0 Å². The lowest BCUT2D eigenvalue weighted by Gasteiger charge is -2.15. The summed E-state index contributed by atoms with van der Waals surface area (Å²) in [5, 5.41) is 2.85. The molecular formula is C16H25NO3. The Morgan fingerprint density at radius 3 is 2.70 bits per heavy atom. The molecule has 1 rings (SSSR count). The largest absolute Gasteiger partial charge is 0.481 e. The van der Waals surface area contributed by atoms with Crippen LogP contribution in [-0.2, 0) is 9.53 Å². The number of carbonyl (C=O) groups excluding carboxylic acids is 1. The maximum atomic E-state index is 11.9. The molecule has 0 fully saturated rings. The number of hydrogen-bond donors (Lipinski definition) is 1. The highest BCUT2D eigenvalue weighted by atomic mass is 16.5. The van der Waals surface area contributed by atoms with Crippen LogP contribution in [-0.4, -0.2) is 31.3 Å². The van der Waals surface area contributed by atoms with Crippen molar-refractivity contribution in [2.75, 3.05) is 13.2 Å². The minimum absolute atomic E-state index is 0.101. The normalized spacial score (nSPS) is 12.2. The SMILES string of the molecule is Cc1cccc(OC(C)C(=O)NCCCOC(C)C)c1. The molecule has 0 radical (unpaired) electrons. The molecule has 0 aliphatic carbocycles. The van der Waals surface area contributed by atoms with Crippen molar-refractivity contribution in [1.29, 1.82) is 0 Å². The summed E-state index contributed by atoms with van der Waals surface area (Å²) in [7, 11) is 0. The molecule has 112 valence electrons. The first-order valence-corrected chi connectivity index (χ1v) is 7.11. The summed E-state index contributed by atoms with van der Waals surface area (Å²) in [4.78, 5) is 11.9. The average molecular weight is 279 g/mol. The minimum atomic E-state index is -0.497. The van der Waals surface area contributed by atoms with Crippen molar-refractivity contribution in [3.63, 3.8) is 0 Å². The van der Waals surface area contributed by atoms with E-state index in [-0.39, 0.29) is 12.0 Å². The van der Waals surface area contributed by atoms with E-state index in [4.69, 9.17) is 9.47 Å². The van der Waals surface area contributed by atoms with E-state index in [1.807, 2.05) is 45.0 Å². The Bertz CT molecular complexity index is 418. The number of ether oxygens (including phenoxy) is 2. The zero-order chi connectivity index (χ0) is 15.0. The van der Waals surface area contributed by atoms with Gasteiger partial charge in [0.15, 0.2) is 6.10 Å². The molecule has 0 aliphatic rings. The first-order valence-electron chi connectivity index (χ1n) is 7.11. The van der Waals surface area contributed by atoms with Gasteiger partial charge in [0.2, 0.25) is 0 Å². The second kappa shape index (κ2) is 8.59. The number of aryl methyl sites for hydroxylation is 1. The second-order valence-corrected chi connectivity index (χ2v) is 5.14. The van der Waals surface area contributed by atoms with Crippen LogP contribution in [0.15, 0.2) is 24.3 Å². The van der Waals surface area contributed by atoms with E-state index in [9.17, 15) is 4.79 Å². The van der Waals surface area contributed by atoms with Gasteiger partial charge in [-0.15, -0.1) is 0 Å². The van der Waals surface area contributed by atoms with E-state index >= 15 is 0 Å². The van der Waals surface area contributed by atoms with Gasteiger partial charge < -0.3 is 14.8 Å². The highest BCUT2D eigenvalue weighted by molar-refractivity contribution is 5.80. The van der Waals surface area contributed by atoms with Gasteiger partial charge in [-0.2, -0.15) is 0 Å². The molecule has 1 aromatic rings. The Labute approximate surface area is 121 Å². The van der Waals surface area contributed by atoms with Crippen molar-refractivity contribution in [3.8, 4) is 5.75 Å². The maximum Gasteiger partial charge on any atom is 0.260 e. The third-order valence-corrected chi connectivity index (χ3v) is 2.74. The highest BCUT2D eigenvalue weighted by Gasteiger charge is 2.13. The monoisotopic (exact) mass is 279 g/mol. The summed E-state index contributed by atoms with van der Waals surface area (Å²) in [5.74, 6) is 0.617. The smallest absolute Gasteiger partial charge is 0.260 e. The molecule has 1 aromatic carbocycles. The van der Waals surface area contributed by atoms with Crippen LogP contribution in [0.5, 0.6) is 5.75 Å². The van der Waals surface area contributed by atoms with E-state index in [1.54, 1.807) is 6.92 Å². The summed E-state index contributed by atoms with van der Waals surface area (Å²) in [6, 6.07) is 7.68. The second-order valence-electron chi connectivity index (χ2n) is 5.14. The van der Waals surface area contributed by atoms with Crippen molar-refractivity contribution in [2.24, 2.45) is 0 Å². The molecule has 0 saturated heterocycles. The van der Waals surface area contributed by atoms with E-state index in [1.165, 1.54) is 0 Å². The lowest BCUT2D eigenvalue weighted by molar-refractivity contribution is -0.127. The zero-order valence-corrected chi connectivity index (χ0v) is 12.8. The van der Waals surface area contributed by atoms with Crippen LogP contribution in [0.25, 0.3) is 0 Å². The quantitative estimate of drug-likeness (QED) is 0.744. The predicted molar refractivity (Wildman–Crippen MR) is 80.0 cm³/mol. The van der Waals surface area contributed by atoms with Crippen molar-refractivity contribution < 1.29 is 14.3 Å². The Hall–Kier alpha value is -1.55. The van der Waals surface area contributed by atoms with Gasteiger partial charge in [0.05, 0.1) is 6.10 Å². The van der Waals surface area contributed by atoms with Crippen LogP contribution in [0.1, 0.15) is 32.8 Å². The molecule has 0 aromatic heterocycles. The van der Waals surface area contributed by atoms with Gasteiger partial charge in [-0.1, -0.05) is 12.1 Å². The third kappa shape index (κ3) is 6.57. The first kappa shape index (κ1) is 16.5. The molecule has 1 unspecified atom stereocenters. The van der Waals surface area contributed by atoms with Crippen molar-refractivity contribution in [1.82, 2.24) is 5.32 Å². The van der Waals surface area contributed by atoms with Crippen LogP contribution in [0.2, 0.25) is 0 Å². The Kier molecular flexibility index (Phi) is 7.09. The summed E-state index contributed by atoms with van der Waals surface area (Å²) < 4.78 is 11.0.